The molecule has 0 radical (unpaired) electrons. The first kappa shape index (κ1) is 13.6. The van der Waals surface area contributed by atoms with Gasteiger partial charge in [-0.1, -0.05) is 0 Å². The van der Waals surface area contributed by atoms with Gasteiger partial charge < -0.3 is 46.1 Å². The summed E-state index contributed by atoms with van der Waals surface area (Å²) in [5.74, 6) is -3.62. The number of aliphatic hydroxyl groups is 5. The minimum Gasteiger partial charge on any atom is -0.388 e. The molecule has 10 heteroatoms. The summed E-state index contributed by atoms with van der Waals surface area (Å²) in [7, 11) is 0. The number of aliphatic hydroxyl groups excluding tert-OH is 3. The molecule has 1 saturated carbocycles. The molecule has 10 nitrogen and oxygen atoms in total. The van der Waals surface area contributed by atoms with Crippen molar-refractivity contribution < 1.29 is 35.0 Å². The molecular formula is C11H17N3O7. The van der Waals surface area contributed by atoms with Gasteiger partial charge in [-0.05, 0) is 6.92 Å². The number of guanidine groups is 1. The number of hydrogen-bond acceptors (Lipinski definition) is 10. The first-order valence-corrected chi connectivity index (χ1v) is 6.60. The molecule has 5 unspecified atom stereocenters. The van der Waals surface area contributed by atoms with Crippen LogP contribution in [0.1, 0.15) is 6.92 Å². The maximum atomic E-state index is 10.6. The third-order valence-corrected chi connectivity index (χ3v) is 5.13. The summed E-state index contributed by atoms with van der Waals surface area (Å²) in [4.78, 5) is 3.74. The Morgan fingerprint density at radius 2 is 1.81 bits per heavy atom. The molecule has 1 aliphatic carbocycles. The highest BCUT2D eigenvalue weighted by atomic mass is 16.9. The quantitative estimate of drug-likeness (QED) is 0.233. The highest BCUT2D eigenvalue weighted by Gasteiger charge is 2.82. The third kappa shape index (κ3) is 1.26. The smallest absolute Gasteiger partial charge is 0.311 e. The van der Waals surface area contributed by atoms with E-state index in [2.05, 4.69) is 10.3 Å². The SMILES string of the molecule is C[C@]1(O)C2OC3(O)OC1[C@@H](O)[C@@]1(NC(N)=NC(O)C21)[C@@H]3O. The zero-order chi connectivity index (χ0) is 15.4. The van der Waals surface area contributed by atoms with Crippen molar-refractivity contribution in [1.29, 1.82) is 0 Å². The van der Waals surface area contributed by atoms with E-state index in [9.17, 15) is 25.5 Å². The number of ether oxygens (including phenoxy) is 2. The average Bonchev–Trinajstić information content (AvgIpc) is 2.36. The van der Waals surface area contributed by atoms with E-state index in [1.807, 2.05) is 0 Å². The summed E-state index contributed by atoms with van der Waals surface area (Å²) in [6.07, 6.45) is -6.96. The lowest BCUT2D eigenvalue weighted by Crippen LogP contribution is -2.94. The van der Waals surface area contributed by atoms with Crippen LogP contribution in [0, 0.1) is 5.92 Å². The van der Waals surface area contributed by atoms with Crippen molar-refractivity contribution in [3.63, 3.8) is 0 Å². The van der Waals surface area contributed by atoms with Gasteiger partial charge in [0.1, 0.15) is 29.5 Å². The Morgan fingerprint density at radius 3 is 2.48 bits per heavy atom. The molecule has 5 aliphatic rings. The van der Waals surface area contributed by atoms with Gasteiger partial charge >= 0.3 is 5.97 Å². The fraction of sp³-hybridized carbons (Fsp3) is 0.909. The van der Waals surface area contributed by atoms with Gasteiger partial charge in [0.15, 0.2) is 18.3 Å². The van der Waals surface area contributed by atoms with Gasteiger partial charge in [-0.3, -0.25) is 0 Å². The summed E-state index contributed by atoms with van der Waals surface area (Å²) in [6, 6.07) is 0. The van der Waals surface area contributed by atoms with Gasteiger partial charge in [-0.2, -0.15) is 0 Å². The van der Waals surface area contributed by atoms with Gasteiger partial charge in [0, 0.05) is 0 Å². The highest BCUT2D eigenvalue weighted by Crippen LogP contribution is 2.58. The third-order valence-electron chi connectivity index (χ3n) is 5.13. The Kier molecular flexibility index (Phi) is 2.26. The number of rotatable bonds is 0. The van der Waals surface area contributed by atoms with Gasteiger partial charge in [0.25, 0.3) is 0 Å². The Hall–Kier alpha value is -1.01. The second-order valence-corrected chi connectivity index (χ2v) is 6.29. The normalized spacial score (nSPS) is 64.8. The summed E-state index contributed by atoms with van der Waals surface area (Å²) in [5.41, 5.74) is 2.27. The summed E-state index contributed by atoms with van der Waals surface area (Å²) in [5, 5.41) is 54.7. The van der Waals surface area contributed by atoms with E-state index in [1.165, 1.54) is 6.92 Å². The zero-order valence-corrected chi connectivity index (χ0v) is 11.0. The molecule has 3 saturated heterocycles. The topological polar surface area (TPSA) is 170 Å². The van der Waals surface area contributed by atoms with Crippen molar-refractivity contribution in [1.82, 2.24) is 5.32 Å². The van der Waals surface area contributed by atoms with Crippen molar-refractivity contribution in [2.24, 2.45) is 16.6 Å². The Morgan fingerprint density at radius 1 is 1.19 bits per heavy atom. The molecule has 5 rings (SSSR count). The van der Waals surface area contributed by atoms with Crippen molar-refractivity contribution in [2.45, 2.75) is 54.7 Å². The lowest BCUT2D eigenvalue weighted by Gasteiger charge is -2.71. The molecule has 8 N–H and O–H groups in total. The second-order valence-electron chi connectivity index (χ2n) is 6.29. The first-order chi connectivity index (χ1) is 9.64. The fourth-order valence-electron chi connectivity index (χ4n) is 4.19. The summed E-state index contributed by atoms with van der Waals surface area (Å²) < 4.78 is 10.4. The molecule has 4 heterocycles. The molecule has 0 aromatic heterocycles. The number of nitrogens with one attached hydrogen (secondary N) is 1. The highest BCUT2D eigenvalue weighted by molar-refractivity contribution is 5.80. The Balaban J connectivity index is 1.95. The molecule has 118 valence electrons. The number of nitrogens with two attached hydrogens (primary N) is 1. The molecule has 1 spiro atoms. The van der Waals surface area contributed by atoms with E-state index in [4.69, 9.17) is 15.2 Å². The van der Waals surface area contributed by atoms with E-state index < -0.39 is 53.7 Å². The molecule has 4 fully saturated rings. The Bertz CT molecular complexity index is 542. The molecule has 21 heavy (non-hydrogen) atoms. The second kappa shape index (κ2) is 3.49. The molecule has 4 aliphatic heterocycles. The fourth-order valence-corrected chi connectivity index (χ4v) is 4.19. The minimum atomic E-state index is -2.41. The molecule has 0 amide bonds. The van der Waals surface area contributed by atoms with Crippen LogP contribution in [-0.4, -0.2) is 79.2 Å². The van der Waals surface area contributed by atoms with Gasteiger partial charge in [-0.25, -0.2) is 4.99 Å². The van der Waals surface area contributed by atoms with Crippen LogP contribution in [0.15, 0.2) is 4.99 Å². The largest absolute Gasteiger partial charge is 0.388 e. The monoisotopic (exact) mass is 303 g/mol. The first-order valence-electron chi connectivity index (χ1n) is 6.60. The predicted octanol–water partition coefficient (Wildman–Crippen LogP) is -4.49. The maximum absolute atomic E-state index is 10.6. The van der Waals surface area contributed by atoms with Crippen LogP contribution < -0.4 is 11.1 Å². The molecular weight excluding hydrogens is 286 g/mol. The molecule has 4 bridgehead atoms. The average molecular weight is 303 g/mol. The maximum Gasteiger partial charge on any atom is 0.311 e. The number of hydrogen-bond donors (Lipinski definition) is 7. The number of nitrogens with zero attached hydrogens (tertiary/aromatic N) is 1. The molecule has 9 atom stereocenters. The van der Waals surface area contributed by atoms with Crippen LogP contribution in [0.5, 0.6) is 0 Å². The summed E-state index contributed by atoms with van der Waals surface area (Å²) >= 11 is 0. The lowest BCUT2D eigenvalue weighted by atomic mass is 9.55. The van der Waals surface area contributed by atoms with Gasteiger partial charge in [0.2, 0.25) is 0 Å². The minimum absolute atomic E-state index is 0.193. The predicted molar refractivity (Wildman–Crippen MR) is 64.3 cm³/mol. The number of aliphatic imine (C=N–C) groups is 1. The zero-order valence-electron chi connectivity index (χ0n) is 11.0. The van der Waals surface area contributed by atoms with Crippen molar-refractivity contribution in [2.75, 3.05) is 0 Å². The van der Waals surface area contributed by atoms with Crippen molar-refractivity contribution in [3.8, 4) is 0 Å². The van der Waals surface area contributed by atoms with Gasteiger partial charge in [-0.15, -0.1) is 0 Å². The van der Waals surface area contributed by atoms with Crippen LogP contribution in [-0.2, 0) is 9.47 Å². The van der Waals surface area contributed by atoms with Gasteiger partial charge in [0.05, 0.1) is 5.92 Å². The Labute approximate surface area is 118 Å². The van der Waals surface area contributed by atoms with Crippen LogP contribution >= 0.6 is 0 Å². The molecule has 0 aromatic rings. The van der Waals surface area contributed by atoms with E-state index in [0.29, 0.717) is 0 Å². The molecule has 0 aromatic carbocycles. The van der Waals surface area contributed by atoms with E-state index >= 15 is 0 Å². The van der Waals surface area contributed by atoms with Crippen molar-refractivity contribution in [3.05, 3.63) is 0 Å². The van der Waals surface area contributed by atoms with Crippen LogP contribution in [0.2, 0.25) is 0 Å². The lowest BCUT2D eigenvalue weighted by molar-refractivity contribution is -0.545. The summed E-state index contributed by atoms with van der Waals surface area (Å²) in [6.45, 7) is 1.36. The van der Waals surface area contributed by atoms with Crippen LogP contribution in [0.4, 0.5) is 0 Å². The van der Waals surface area contributed by atoms with Crippen LogP contribution in [0.3, 0.4) is 0 Å². The van der Waals surface area contributed by atoms with Crippen molar-refractivity contribution >= 4 is 5.96 Å². The standard InChI is InChI=1S/C11H17N3O7/c1-9(18)4-2-6(16)13-8(12)14-10(2)3(15)5(9)21-11(19,20-4)7(10)17/h2-7,15-19H,1H3,(H3,12,13,14)/t2?,3-,4?,5?,6?,7+,9+,10-,11?/m1/s1. The van der Waals surface area contributed by atoms with Crippen LogP contribution in [0.25, 0.3) is 0 Å². The van der Waals surface area contributed by atoms with E-state index in [0.717, 1.165) is 0 Å². The van der Waals surface area contributed by atoms with E-state index in [-0.39, 0.29) is 5.96 Å². The van der Waals surface area contributed by atoms with E-state index in [1.54, 1.807) is 0 Å².